The molecule has 1 aliphatic rings. The number of esters is 1. The Morgan fingerprint density at radius 3 is 2.54 bits per heavy atom. The number of sulfonamides is 1. The first-order valence-corrected chi connectivity index (χ1v) is 5.67. The molecule has 0 spiro atoms. The van der Waals surface area contributed by atoms with Crippen molar-refractivity contribution in [3.8, 4) is 0 Å². The number of methoxy groups -OCH3 is 1. The molecule has 2 atom stereocenters. The van der Waals surface area contributed by atoms with Gasteiger partial charge in [0.05, 0.1) is 18.3 Å². The van der Waals surface area contributed by atoms with Gasteiger partial charge in [0.2, 0.25) is 10.0 Å². The summed E-state index contributed by atoms with van der Waals surface area (Å²) in [5.74, 6) is -1.04. The van der Waals surface area contributed by atoms with E-state index in [1.54, 1.807) is 0 Å². The van der Waals surface area contributed by atoms with Gasteiger partial charge in [0.15, 0.2) is 0 Å². The van der Waals surface area contributed by atoms with E-state index in [4.69, 9.17) is 5.14 Å². The highest BCUT2D eigenvalue weighted by Gasteiger charge is 2.40. The van der Waals surface area contributed by atoms with Gasteiger partial charge in [-0.3, -0.25) is 4.79 Å². The van der Waals surface area contributed by atoms with Crippen molar-refractivity contribution in [3.05, 3.63) is 0 Å². The fourth-order valence-corrected chi connectivity index (χ4v) is 2.94. The van der Waals surface area contributed by atoms with E-state index < -0.39 is 27.2 Å². The molecule has 1 rings (SSSR count). The smallest absolute Gasteiger partial charge is 0.310 e. The standard InChI is InChI=1S/C7H13NO4S/c1-12-7(9)5-3-2-4-6(5)13(8,10)11/h5-6H,2-4H2,1H3,(H2,8,10,11)/t5-,6-/m1/s1. The average molecular weight is 207 g/mol. The highest BCUT2D eigenvalue weighted by atomic mass is 32.2. The van der Waals surface area contributed by atoms with Crippen LogP contribution < -0.4 is 5.14 Å². The Balaban J connectivity index is 2.82. The Morgan fingerprint density at radius 1 is 1.46 bits per heavy atom. The van der Waals surface area contributed by atoms with Gasteiger partial charge in [0.25, 0.3) is 0 Å². The zero-order valence-corrected chi connectivity index (χ0v) is 8.21. The summed E-state index contributed by atoms with van der Waals surface area (Å²) in [5.41, 5.74) is 0. The van der Waals surface area contributed by atoms with E-state index in [0.29, 0.717) is 19.3 Å². The summed E-state index contributed by atoms with van der Waals surface area (Å²) in [6, 6.07) is 0. The second-order valence-electron chi connectivity index (χ2n) is 3.19. The molecular formula is C7H13NO4S. The molecule has 6 heteroatoms. The number of carbonyl (C=O) groups is 1. The Labute approximate surface area is 77.3 Å². The zero-order valence-electron chi connectivity index (χ0n) is 7.39. The van der Waals surface area contributed by atoms with Crippen LogP contribution in [0.1, 0.15) is 19.3 Å². The van der Waals surface area contributed by atoms with Crippen molar-refractivity contribution in [3.63, 3.8) is 0 Å². The molecule has 0 bridgehead atoms. The van der Waals surface area contributed by atoms with Crippen LogP contribution in [0, 0.1) is 5.92 Å². The number of ether oxygens (including phenoxy) is 1. The molecule has 76 valence electrons. The molecule has 1 saturated carbocycles. The summed E-state index contributed by atoms with van der Waals surface area (Å²) in [4.78, 5) is 11.1. The van der Waals surface area contributed by atoms with Gasteiger partial charge >= 0.3 is 5.97 Å². The maximum absolute atomic E-state index is 11.1. The van der Waals surface area contributed by atoms with Gasteiger partial charge in [0.1, 0.15) is 0 Å². The first-order chi connectivity index (χ1) is 5.96. The highest BCUT2D eigenvalue weighted by Crippen LogP contribution is 2.30. The van der Waals surface area contributed by atoms with Crippen LogP contribution >= 0.6 is 0 Å². The largest absolute Gasteiger partial charge is 0.469 e. The molecule has 0 aromatic rings. The number of rotatable bonds is 2. The highest BCUT2D eigenvalue weighted by molar-refractivity contribution is 7.89. The van der Waals surface area contributed by atoms with Gasteiger partial charge in [-0.1, -0.05) is 6.42 Å². The average Bonchev–Trinajstić information content (AvgIpc) is 2.49. The van der Waals surface area contributed by atoms with Crippen LogP contribution in [-0.2, 0) is 19.6 Å². The number of nitrogens with two attached hydrogens (primary N) is 1. The number of primary sulfonamides is 1. The Morgan fingerprint density at radius 2 is 2.08 bits per heavy atom. The van der Waals surface area contributed by atoms with Crippen molar-refractivity contribution in [2.24, 2.45) is 11.1 Å². The van der Waals surface area contributed by atoms with Gasteiger partial charge < -0.3 is 4.74 Å². The monoisotopic (exact) mass is 207 g/mol. The minimum Gasteiger partial charge on any atom is -0.469 e. The van der Waals surface area contributed by atoms with Gasteiger partial charge in [-0.05, 0) is 12.8 Å². The second-order valence-corrected chi connectivity index (χ2v) is 4.97. The first-order valence-electron chi connectivity index (χ1n) is 4.06. The van der Waals surface area contributed by atoms with Crippen molar-refractivity contribution >= 4 is 16.0 Å². The lowest BCUT2D eigenvalue weighted by atomic mass is 10.1. The quantitative estimate of drug-likeness (QED) is 0.625. The first kappa shape index (κ1) is 10.5. The molecule has 0 saturated heterocycles. The SMILES string of the molecule is COC(=O)[C@@H]1CCC[C@H]1S(N)(=O)=O. The minimum atomic E-state index is -3.61. The van der Waals surface area contributed by atoms with Crippen molar-refractivity contribution in [2.75, 3.05) is 7.11 Å². The Kier molecular flexibility index (Phi) is 2.92. The third-order valence-electron chi connectivity index (χ3n) is 2.38. The van der Waals surface area contributed by atoms with Crippen molar-refractivity contribution in [2.45, 2.75) is 24.5 Å². The molecule has 0 aromatic carbocycles. The maximum Gasteiger partial charge on any atom is 0.310 e. The molecule has 1 aliphatic carbocycles. The van der Waals surface area contributed by atoms with Crippen LogP contribution in [0.25, 0.3) is 0 Å². The molecule has 0 aromatic heterocycles. The van der Waals surface area contributed by atoms with Crippen LogP contribution in [0.5, 0.6) is 0 Å². The van der Waals surface area contributed by atoms with Crippen LogP contribution in [-0.4, -0.2) is 26.7 Å². The van der Waals surface area contributed by atoms with Crippen LogP contribution in [0.2, 0.25) is 0 Å². The summed E-state index contributed by atoms with van der Waals surface area (Å²) in [5, 5.41) is 4.24. The lowest BCUT2D eigenvalue weighted by molar-refractivity contribution is -0.145. The van der Waals surface area contributed by atoms with E-state index in [9.17, 15) is 13.2 Å². The summed E-state index contributed by atoms with van der Waals surface area (Å²) >= 11 is 0. The third kappa shape index (κ3) is 2.19. The van der Waals surface area contributed by atoms with Crippen LogP contribution in [0.3, 0.4) is 0 Å². The van der Waals surface area contributed by atoms with E-state index in [1.165, 1.54) is 7.11 Å². The van der Waals surface area contributed by atoms with Gasteiger partial charge in [-0.25, -0.2) is 13.6 Å². The number of carbonyl (C=O) groups excluding carboxylic acids is 1. The second kappa shape index (κ2) is 3.63. The normalized spacial score (nSPS) is 28.8. The zero-order chi connectivity index (χ0) is 10.1. The van der Waals surface area contributed by atoms with Gasteiger partial charge in [-0.2, -0.15) is 0 Å². The van der Waals surface area contributed by atoms with E-state index in [0.717, 1.165) is 0 Å². The van der Waals surface area contributed by atoms with E-state index in [2.05, 4.69) is 4.74 Å². The Hall–Kier alpha value is -0.620. The van der Waals surface area contributed by atoms with Crippen molar-refractivity contribution < 1.29 is 17.9 Å². The summed E-state index contributed by atoms with van der Waals surface area (Å²) < 4.78 is 26.6. The molecule has 2 N–H and O–H groups in total. The number of hydrogen-bond donors (Lipinski definition) is 1. The minimum absolute atomic E-state index is 0.457. The number of hydrogen-bond acceptors (Lipinski definition) is 4. The molecule has 1 fully saturated rings. The molecule has 13 heavy (non-hydrogen) atoms. The molecule has 0 radical (unpaired) electrons. The predicted octanol–water partition coefficient (Wildman–Crippen LogP) is -0.383. The van der Waals surface area contributed by atoms with Gasteiger partial charge in [0, 0.05) is 0 Å². The molecular weight excluding hydrogens is 194 g/mol. The molecule has 0 amide bonds. The fraction of sp³-hybridized carbons (Fsp3) is 0.857. The van der Waals surface area contributed by atoms with Crippen molar-refractivity contribution in [1.82, 2.24) is 0 Å². The van der Waals surface area contributed by atoms with Crippen molar-refractivity contribution in [1.29, 1.82) is 0 Å². The molecule has 0 heterocycles. The topological polar surface area (TPSA) is 86.5 Å². The van der Waals surface area contributed by atoms with E-state index in [1.807, 2.05) is 0 Å². The summed E-state index contributed by atoms with van der Waals surface area (Å²) in [6.45, 7) is 0. The Bertz CT molecular complexity index is 298. The van der Waals surface area contributed by atoms with Crippen LogP contribution in [0.4, 0.5) is 0 Å². The molecule has 0 unspecified atom stereocenters. The third-order valence-corrected chi connectivity index (χ3v) is 3.79. The summed E-state index contributed by atoms with van der Waals surface area (Å²) in [7, 11) is -2.36. The lowest BCUT2D eigenvalue weighted by Gasteiger charge is -2.14. The predicted molar refractivity (Wildman–Crippen MR) is 46.3 cm³/mol. The van der Waals surface area contributed by atoms with E-state index in [-0.39, 0.29) is 0 Å². The van der Waals surface area contributed by atoms with Gasteiger partial charge in [-0.15, -0.1) is 0 Å². The van der Waals surface area contributed by atoms with E-state index >= 15 is 0 Å². The lowest BCUT2D eigenvalue weighted by Crippen LogP contribution is -2.35. The molecule has 5 nitrogen and oxygen atoms in total. The molecule has 0 aliphatic heterocycles. The maximum atomic E-state index is 11.1. The summed E-state index contributed by atoms with van der Waals surface area (Å²) in [6.07, 6.45) is 1.72. The fourth-order valence-electron chi connectivity index (χ4n) is 1.74. The van der Waals surface area contributed by atoms with Crippen LogP contribution in [0.15, 0.2) is 0 Å².